The van der Waals surface area contributed by atoms with Gasteiger partial charge in [0.1, 0.15) is 17.3 Å². The Hall–Kier alpha value is -2.54. The van der Waals surface area contributed by atoms with E-state index in [-0.39, 0.29) is 11.3 Å². The van der Waals surface area contributed by atoms with Gasteiger partial charge in [0.25, 0.3) is 0 Å². The molecule has 2 rings (SSSR count). The number of nitriles is 1. The van der Waals surface area contributed by atoms with Crippen LogP contribution in [-0.4, -0.2) is 12.2 Å². The van der Waals surface area contributed by atoms with E-state index in [1.54, 1.807) is 12.1 Å². The van der Waals surface area contributed by atoms with Crippen LogP contribution in [0.2, 0.25) is 0 Å². The third kappa shape index (κ3) is 2.25. The molecular weight excluding hydrogens is 233 g/mol. The molecule has 0 amide bonds. The first-order chi connectivity index (χ1) is 8.63. The Morgan fingerprint density at radius 2 is 2.00 bits per heavy atom. The van der Waals surface area contributed by atoms with Crippen molar-refractivity contribution in [2.24, 2.45) is 0 Å². The van der Waals surface area contributed by atoms with Crippen molar-refractivity contribution in [1.29, 1.82) is 5.26 Å². The number of ether oxygens (including phenoxy) is 1. The number of benzene rings is 2. The molecule has 0 aliphatic heterocycles. The minimum Gasteiger partial charge on any atom is -0.508 e. The van der Waals surface area contributed by atoms with Crippen LogP contribution in [0.4, 0.5) is 4.39 Å². The molecule has 0 unspecified atom stereocenters. The molecule has 0 spiro atoms. The Kier molecular flexibility index (Phi) is 3.16. The molecule has 2 aromatic rings. The number of hydrogen-bond acceptors (Lipinski definition) is 3. The third-order valence-corrected chi connectivity index (χ3v) is 2.53. The average Bonchev–Trinajstić information content (AvgIpc) is 2.37. The fraction of sp³-hybridized carbons (Fsp3) is 0.0714. The maximum atomic E-state index is 13.8. The number of phenolic OH excluding ortho intramolecular Hbond substituents is 1. The number of phenols is 1. The number of hydrogen-bond donors (Lipinski definition) is 1. The summed E-state index contributed by atoms with van der Waals surface area (Å²) in [7, 11) is 1.45. The molecular formula is C14H10FNO2. The van der Waals surface area contributed by atoms with Gasteiger partial charge >= 0.3 is 0 Å². The summed E-state index contributed by atoms with van der Waals surface area (Å²) >= 11 is 0. The lowest BCUT2D eigenvalue weighted by atomic mass is 10.0. The quantitative estimate of drug-likeness (QED) is 0.881. The van der Waals surface area contributed by atoms with E-state index in [1.807, 2.05) is 6.07 Å². The van der Waals surface area contributed by atoms with Gasteiger partial charge in [0.15, 0.2) is 0 Å². The molecule has 3 nitrogen and oxygen atoms in total. The van der Waals surface area contributed by atoms with E-state index in [4.69, 9.17) is 10.00 Å². The van der Waals surface area contributed by atoms with Gasteiger partial charge in [0.2, 0.25) is 0 Å². The second kappa shape index (κ2) is 4.76. The van der Waals surface area contributed by atoms with E-state index in [0.29, 0.717) is 16.9 Å². The van der Waals surface area contributed by atoms with Gasteiger partial charge in [0, 0.05) is 11.6 Å². The Morgan fingerprint density at radius 1 is 1.22 bits per heavy atom. The van der Waals surface area contributed by atoms with Crippen molar-refractivity contribution in [3.05, 3.63) is 47.8 Å². The minimum absolute atomic E-state index is 0.0701. The molecule has 0 radical (unpaired) electrons. The molecule has 0 atom stereocenters. The number of aromatic hydroxyl groups is 1. The highest BCUT2D eigenvalue weighted by atomic mass is 19.1. The van der Waals surface area contributed by atoms with Crippen molar-refractivity contribution in [3.63, 3.8) is 0 Å². The topological polar surface area (TPSA) is 53.2 Å². The molecule has 4 heteroatoms. The highest BCUT2D eigenvalue weighted by Gasteiger charge is 2.08. The predicted octanol–water partition coefficient (Wildman–Crippen LogP) is 3.08. The SMILES string of the molecule is COc1ccc(-c2cc(O)cc(C#N)c2)c(F)c1. The van der Waals surface area contributed by atoms with Crippen molar-refractivity contribution >= 4 is 0 Å². The number of halogens is 1. The maximum absolute atomic E-state index is 13.8. The largest absolute Gasteiger partial charge is 0.508 e. The Morgan fingerprint density at radius 3 is 2.61 bits per heavy atom. The fourth-order valence-electron chi connectivity index (χ4n) is 1.69. The van der Waals surface area contributed by atoms with Gasteiger partial charge in [-0.15, -0.1) is 0 Å². The summed E-state index contributed by atoms with van der Waals surface area (Å²) < 4.78 is 18.8. The van der Waals surface area contributed by atoms with Crippen molar-refractivity contribution in [3.8, 4) is 28.7 Å². The zero-order chi connectivity index (χ0) is 13.1. The highest BCUT2D eigenvalue weighted by molar-refractivity contribution is 5.68. The lowest BCUT2D eigenvalue weighted by Gasteiger charge is -2.07. The first-order valence-corrected chi connectivity index (χ1v) is 5.22. The maximum Gasteiger partial charge on any atom is 0.134 e. The summed E-state index contributed by atoms with van der Waals surface area (Å²) in [5.41, 5.74) is 1.04. The first kappa shape index (κ1) is 11.9. The molecule has 0 aliphatic rings. The Labute approximate surface area is 104 Å². The van der Waals surface area contributed by atoms with Crippen molar-refractivity contribution < 1.29 is 14.2 Å². The van der Waals surface area contributed by atoms with Gasteiger partial charge in [-0.1, -0.05) is 0 Å². The van der Waals surface area contributed by atoms with E-state index < -0.39 is 5.82 Å². The average molecular weight is 243 g/mol. The lowest BCUT2D eigenvalue weighted by molar-refractivity contribution is 0.411. The molecule has 2 aromatic carbocycles. The van der Waals surface area contributed by atoms with E-state index in [9.17, 15) is 9.50 Å². The zero-order valence-electron chi connectivity index (χ0n) is 9.64. The summed E-state index contributed by atoms with van der Waals surface area (Å²) in [6, 6.07) is 10.6. The molecule has 0 saturated heterocycles. The van der Waals surface area contributed by atoms with Gasteiger partial charge in [0.05, 0.1) is 18.7 Å². The van der Waals surface area contributed by atoms with Gasteiger partial charge in [-0.2, -0.15) is 5.26 Å². The van der Waals surface area contributed by atoms with Crippen LogP contribution in [0, 0.1) is 17.1 Å². The van der Waals surface area contributed by atoms with Crippen molar-refractivity contribution in [1.82, 2.24) is 0 Å². The molecule has 0 fully saturated rings. The molecule has 0 bridgehead atoms. The van der Waals surface area contributed by atoms with E-state index >= 15 is 0 Å². The van der Waals surface area contributed by atoms with E-state index in [2.05, 4.69) is 0 Å². The summed E-state index contributed by atoms with van der Waals surface area (Å²) in [4.78, 5) is 0. The van der Waals surface area contributed by atoms with Crippen molar-refractivity contribution in [2.45, 2.75) is 0 Å². The summed E-state index contributed by atoms with van der Waals surface area (Å²) in [6.45, 7) is 0. The van der Waals surface area contributed by atoms with Crippen LogP contribution in [0.15, 0.2) is 36.4 Å². The van der Waals surface area contributed by atoms with Crippen LogP contribution in [0.25, 0.3) is 11.1 Å². The molecule has 0 aromatic heterocycles. The van der Waals surface area contributed by atoms with Crippen LogP contribution in [-0.2, 0) is 0 Å². The first-order valence-electron chi connectivity index (χ1n) is 5.22. The van der Waals surface area contributed by atoms with Crippen molar-refractivity contribution in [2.75, 3.05) is 7.11 Å². The van der Waals surface area contributed by atoms with E-state index in [1.165, 1.54) is 31.4 Å². The van der Waals surface area contributed by atoms with Gasteiger partial charge in [-0.05, 0) is 35.9 Å². The standard InChI is InChI=1S/C14H10FNO2/c1-18-12-2-3-13(14(15)7-12)10-4-9(8-16)5-11(17)6-10/h2-7,17H,1H3. The van der Waals surface area contributed by atoms with Crippen LogP contribution in [0.1, 0.15) is 5.56 Å². The summed E-state index contributed by atoms with van der Waals surface area (Å²) in [6.07, 6.45) is 0. The minimum atomic E-state index is -0.469. The zero-order valence-corrected chi connectivity index (χ0v) is 9.64. The second-order valence-electron chi connectivity index (χ2n) is 3.73. The number of nitrogens with zero attached hydrogens (tertiary/aromatic N) is 1. The van der Waals surface area contributed by atoms with Gasteiger partial charge in [-0.25, -0.2) is 4.39 Å². The van der Waals surface area contributed by atoms with Crippen LogP contribution >= 0.6 is 0 Å². The smallest absolute Gasteiger partial charge is 0.134 e. The normalized spacial score (nSPS) is 9.83. The fourth-order valence-corrected chi connectivity index (χ4v) is 1.69. The Balaban J connectivity index is 2.55. The lowest BCUT2D eigenvalue weighted by Crippen LogP contribution is -1.89. The van der Waals surface area contributed by atoms with Gasteiger partial charge < -0.3 is 9.84 Å². The predicted molar refractivity (Wildman–Crippen MR) is 64.8 cm³/mol. The molecule has 0 saturated carbocycles. The molecule has 18 heavy (non-hydrogen) atoms. The molecule has 90 valence electrons. The summed E-state index contributed by atoms with van der Waals surface area (Å²) in [5.74, 6) is -0.125. The van der Waals surface area contributed by atoms with E-state index in [0.717, 1.165) is 0 Å². The van der Waals surface area contributed by atoms with Crippen LogP contribution in [0.5, 0.6) is 11.5 Å². The number of methoxy groups -OCH3 is 1. The second-order valence-corrected chi connectivity index (χ2v) is 3.73. The Bertz CT molecular complexity index is 632. The van der Waals surface area contributed by atoms with Crippen LogP contribution in [0.3, 0.4) is 0 Å². The van der Waals surface area contributed by atoms with Crippen LogP contribution < -0.4 is 4.74 Å². The van der Waals surface area contributed by atoms with Gasteiger partial charge in [-0.3, -0.25) is 0 Å². The third-order valence-electron chi connectivity index (χ3n) is 2.53. The highest BCUT2D eigenvalue weighted by Crippen LogP contribution is 2.29. The molecule has 0 heterocycles. The number of rotatable bonds is 2. The summed E-state index contributed by atoms with van der Waals surface area (Å²) in [5, 5.41) is 18.3. The molecule has 0 aliphatic carbocycles. The monoisotopic (exact) mass is 243 g/mol. The molecule has 1 N–H and O–H groups in total.